The fourth-order valence-electron chi connectivity index (χ4n) is 0.640. The first-order valence-electron chi connectivity index (χ1n) is 3.07. The molecular formula is C8H7FN2. The molecule has 1 aromatic rings. The highest BCUT2D eigenvalue weighted by Crippen LogP contribution is 1.98. The minimum absolute atomic E-state index is 0.199. The van der Waals surface area contributed by atoms with Crippen LogP contribution in [0, 0.1) is 11.2 Å². The van der Waals surface area contributed by atoms with E-state index in [2.05, 4.69) is 11.6 Å². The maximum Gasteiger partial charge on any atom is 0.141 e. The van der Waals surface area contributed by atoms with E-state index in [1.165, 1.54) is 18.2 Å². The molecule has 0 aromatic carbocycles. The Kier molecular flexibility index (Phi) is 2.11. The molecule has 2 nitrogen and oxygen atoms in total. The summed E-state index contributed by atoms with van der Waals surface area (Å²) in [6, 6.07) is 2.71. The van der Waals surface area contributed by atoms with Crippen LogP contribution in [-0.4, -0.2) is 10.7 Å². The molecule has 0 saturated carbocycles. The second kappa shape index (κ2) is 3.05. The Morgan fingerprint density at radius 1 is 1.64 bits per heavy atom. The molecule has 0 radical (unpaired) electrons. The third kappa shape index (κ3) is 1.70. The van der Waals surface area contributed by atoms with Crippen molar-refractivity contribution in [2.75, 3.05) is 0 Å². The smallest absolute Gasteiger partial charge is 0.141 e. The summed E-state index contributed by atoms with van der Waals surface area (Å²) in [5, 5.41) is 7.25. The van der Waals surface area contributed by atoms with Gasteiger partial charge in [-0.05, 0) is 18.2 Å². The lowest BCUT2D eigenvalue weighted by atomic mass is 10.2. The van der Waals surface area contributed by atoms with Crippen LogP contribution in [0.1, 0.15) is 5.69 Å². The molecule has 0 amide bonds. The topological polar surface area (TPSA) is 36.7 Å². The normalized spacial score (nSPS) is 9.18. The van der Waals surface area contributed by atoms with E-state index >= 15 is 0 Å². The average Bonchev–Trinajstić information content (AvgIpc) is 2.05. The number of hydrogen-bond acceptors (Lipinski definition) is 2. The molecule has 0 atom stereocenters. The minimum atomic E-state index is -0.398. The largest absolute Gasteiger partial charge is 0.299 e. The van der Waals surface area contributed by atoms with E-state index in [9.17, 15) is 4.39 Å². The quantitative estimate of drug-likeness (QED) is 0.641. The standard InChI is InChI=1S/C8H7FN2/c1-2-7(10)8-4-3-6(9)5-11-8/h2-5,10H,1H2. The van der Waals surface area contributed by atoms with Crippen molar-refractivity contribution in [3.8, 4) is 0 Å². The van der Waals surface area contributed by atoms with E-state index < -0.39 is 5.82 Å². The van der Waals surface area contributed by atoms with Gasteiger partial charge in [0.2, 0.25) is 0 Å². The Morgan fingerprint density at radius 3 is 2.82 bits per heavy atom. The van der Waals surface area contributed by atoms with Crippen LogP contribution in [0.3, 0.4) is 0 Å². The van der Waals surface area contributed by atoms with Crippen LogP contribution < -0.4 is 0 Å². The van der Waals surface area contributed by atoms with Crippen LogP contribution in [0.25, 0.3) is 0 Å². The van der Waals surface area contributed by atoms with Gasteiger partial charge in [-0.1, -0.05) is 6.58 Å². The van der Waals surface area contributed by atoms with Gasteiger partial charge in [-0.2, -0.15) is 0 Å². The first-order valence-corrected chi connectivity index (χ1v) is 3.07. The van der Waals surface area contributed by atoms with Gasteiger partial charge in [-0.25, -0.2) is 4.39 Å². The Labute approximate surface area is 63.9 Å². The molecule has 0 fully saturated rings. The molecule has 1 N–H and O–H groups in total. The zero-order chi connectivity index (χ0) is 8.27. The van der Waals surface area contributed by atoms with Gasteiger partial charge in [0.1, 0.15) is 5.82 Å². The number of halogens is 1. The fourth-order valence-corrected chi connectivity index (χ4v) is 0.640. The highest BCUT2D eigenvalue weighted by Gasteiger charge is 1.97. The molecule has 0 aliphatic heterocycles. The summed E-state index contributed by atoms with van der Waals surface area (Å²) in [5.74, 6) is -0.398. The summed E-state index contributed by atoms with van der Waals surface area (Å²) in [5.41, 5.74) is 0.631. The third-order valence-corrected chi connectivity index (χ3v) is 1.21. The average molecular weight is 150 g/mol. The van der Waals surface area contributed by atoms with Gasteiger partial charge >= 0.3 is 0 Å². The minimum Gasteiger partial charge on any atom is -0.299 e. The molecule has 0 aliphatic rings. The van der Waals surface area contributed by atoms with Gasteiger partial charge in [0, 0.05) is 0 Å². The van der Waals surface area contributed by atoms with Crippen molar-refractivity contribution in [3.63, 3.8) is 0 Å². The van der Waals surface area contributed by atoms with Gasteiger partial charge in [0.25, 0.3) is 0 Å². The van der Waals surface area contributed by atoms with Crippen molar-refractivity contribution < 1.29 is 4.39 Å². The zero-order valence-corrected chi connectivity index (χ0v) is 5.84. The van der Waals surface area contributed by atoms with Crippen molar-refractivity contribution in [3.05, 3.63) is 42.5 Å². The maximum atomic E-state index is 12.3. The van der Waals surface area contributed by atoms with Crippen LogP contribution in [0.4, 0.5) is 4.39 Å². The van der Waals surface area contributed by atoms with Crippen LogP contribution in [0.2, 0.25) is 0 Å². The molecule has 0 bridgehead atoms. The van der Waals surface area contributed by atoms with Gasteiger partial charge in [-0.15, -0.1) is 0 Å². The highest BCUT2D eigenvalue weighted by molar-refractivity contribution is 6.04. The van der Waals surface area contributed by atoms with Crippen LogP contribution in [0.5, 0.6) is 0 Å². The zero-order valence-electron chi connectivity index (χ0n) is 5.84. The Balaban J connectivity index is 2.98. The van der Waals surface area contributed by atoms with Gasteiger partial charge in [0.15, 0.2) is 0 Å². The Hall–Kier alpha value is -1.51. The molecule has 0 unspecified atom stereocenters. The summed E-state index contributed by atoms with van der Waals surface area (Å²) < 4.78 is 12.3. The number of hydrogen-bond donors (Lipinski definition) is 1. The summed E-state index contributed by atoms with van der Waals surface area (Å²) in [6.45, 7) is 3.40. The van der Waals surface area contributed by atoms with E-state index in [-0.39, 0.29) is 5.71 Å². The highest BCUT2D eigenvalue weighted by atomic mass is 19.1. The van der Waals surface area contributed by atoms with Crippen molar-refractivity contribution in [2.45, 2.75) is 0 Å². The number of allylic oxidation sites excluding steroid dienone is 1. The summed E-state index contributed by atoms with van der Waals surface area (Å²) >= 11 is 0. The molecule has 3 heteroatoms. The summed E-state index contributed by atoms with van der Waals surface area (Å²) in [4.78, 5) is 3.68. The predicted octanol–water partition coefficient (Wildman–Crippen LogP) is 1.77. The second-order valence-electron chi connectivity index (χ2n) is 1.98. The number of nitrogens with zero attached hydrogens (tertiary/aromatic N) is 1. The molecule has 0 spiro atoms. The van der Waals surface area contributed by atoms with Crippen molar-refractivity contribution in [1.82, 2.24) is 4.98 Å². The lowest BCUT2D eigenvalue weighted by molar-refractivity contribution is 0.621. The molecule has 11 heavy (non-hydrogen) atoms. The van der Waals surface area contributed by atoms with Crippen molar-refractivity contribution in [1.29, 1.82) is 5.41 Å². The van der Waals surface area contributed by atoms with E-state index in [0.717, 1.165) is 6.20 Å². The molecular weight excluding hydrogens is 143 g/mol. The molecule has 1 heterocycles. The van der Waals surface area contributed by atoms with Crippen LogP contribution in [0.15, 0.2) is 31.0 Å². The van der Waals surface area contributed by atoms with E-state index in [1.54, 1.807) is 0 Å². The lowest BCUT2D eigenvalue weighted by Gasteiger charge is -1.94. The second-order valence-corrected chi connectivity index (χ2v) is 1.98. The number of rotatable bonds is 2. The van der Waals surface area contributed by atoms with Crippen molar-refractivity contribution in [2.24, 2.45) is 0 Å². The van der Waals surface area contributed by atoms with E-state index in [1.807, 2.05) is 0 Å². The first kappa shape index (κ1) is 7.60. The first-order chi connectivity index (χ1) is 5.24. The molecule has 0 aliphatic carbocycles. The lowest BCUT2D eigenvalue weighted by Crippen LogP contribution is -1.97. The van der Waals surface area contributed by atoms with Crippen LogP contribution in [-0.2, 0) is 0 Å². The summed E-state index contributed by atoms with van der Waals surface area (Å²) in [7, 11) is 0. The SMILES string of the molecule is C=CC(=N)c1ccc(F)cn1. The molecule has 56 valence electrons. The van der Waals surface area contributed by atoms with E-state index in [0.29, 0.717) is 5.69 Å². The Bertz CT molecular complexity index is 277. The maximum absolute atomic E-state index is 12.3. The number of nitrogens with one attached hydrogen (secondary N) is 1. The Morgan fingerprint density at radius 2 is 2.36 bits per heavy atom. The molecule has 1 aromatic heterocycles. The molecule has 0 saturated heterocycles. The number of pyridine rings is 1. The van der Waals surface area contributed by atoms with Gasteiger partial charge < -0.3 is 0 Å². The third-order valence-electron chi connectivity index (χ3n) is 1.21. The van der Waals surface area contributed by atoms with Crippen molar-refractivity contribution >= 4 is 5.71 Å². The van der Waals surface area contributed by atoms with Crippen LogP contribution >= 0.6 is 0 Å². The fraction of sp³-hybridized carbons (Fsp3) is 0. The summed E-state index contributed by atoms with van der Waals surface area (Å²) in [6.07, 6.45) is 2.44. The number of aromatic nitrogens is 1. The van der Waals surface area contributed by atoms with Gasteiger partial charge in [0.05, 0.1) is 17.6 Å². The molecule has 1 rings (SSSR count). The van der Waals surface area contributed by atoms with Gasteiger partial charge in [-0.3, -0.25) is 10.4 Å². The van der Waals surface area contributed by atoms with E-state index in [4.69, 9.17) is 5.41 Å². The predicted molar refractivity (Wildman–Crippen MR) is 41.2 cm³/mol. The monoisotopic (exact) mass is 150 g/mol.